The molecule has 2 heteroatoms. The summed E-state index contributed by atoms with van der Waals surface area (Å²) in [7, 11) is 0. The van der Waals surface area contributed by atoms with E-state index < -0.39 is 0 Å². The third-order valence-corrected chi connectivity index (χ3v) is 3.50. The first kappa shape index (κ1) is 13.0. The van der Waals surface area contributed by atoms with Gasteiger partial charge >= 0.3 is 0 Å². The van der Waals surface area contributed by atoms with Crippen molar-refractivity contribution in [3.8, 4) is 0 Å². The topological polar surface area (TPSA) is 15.3 Å². The Bertz CT molecular complexity index is 170. The summed E-state index contributed by atoms with van der Waals surface area (Å²) in [6.07, 6.45) is 4.02. The molecule has 90 valence electrons. The molecule has 2 nitrogen and oxygen atoms in total. The van der Waals surface area contributed by atoms with Crippen LogP contribution >= 0.6 is 0 Å². The Morgan fingerprint density at radius 2 is 2.07 bits per heavy atom. The molecule has 1 heterocycles. The SMILES string of the molecule is CCCNC(C)CN1CC(C)CCC1C. The Morgan fingerprint density at radius 3 is 2.73 bits per heavy atom. The van der Waals surface area contributed by atoms with Gasteiger partial charge in [0.2, 0.25) is 0 Å². The molecule has 1 aliphatic heterocycles. The summed E-state index contributed by atoms with van der Waals surface area (Å²) in [4.78, 5) is 2.65. The van der Waals surface area contributed by atoms with Gasteiger partial charge in [0.05, 0.1) is 0 Å². The number of nitrogens with one attached hydrogen (secondary N) is 1. The van der Waals surface area contributed by atoms with Crippen molar-refractivity contribution in [1.82, 2.24) is 10.2 Å². The second-order valence-electron chi connectivity index (χ2n) is 5.34. The summed E-state index contributed by atoms with van der Waals surface area (Å²) in [5.41, 5.74) is 0. The van der Waals surface area contributed by atoms with Gasteiger partial charge in [-0.25, -0.2) is 0 Å². The molecule has 1 aliphatic rings. The minimum absolute atomic E-state index is 0.637. The van der Waals surface area contributed by atoms with Gasteiger partial charge in [0.15, 0.2) is 0 Å². The van der Waals surface area contributed by atoms with E-state index in [9.17, 15) is 0 Å². The Kier molecular flexibility index (Phi) is 5.62. The Hall–Kier alpha value is -0.0800. The van der Waals surface area contributed by atoms with Crippen molar-refractivity contribution in [2.24, 2.45) is 5.92 Å². The highest BCUT2D eigenvalue weighted by Gasteiger charge is 2.23. The van der Waals surface area contributed by atoms with Crippen LogP contribution in [0.25, 0.3) is 0 Å². The lowest BCUT2D eigenvalue weighted by Crippen LogP contribution is -2.47. The average Bonchev–Trinajstić information content (AvgIpc) is 2.20. The van der Waals surface area contributed by atoms with Gasteiger partial charge in [-0.1, -0.05) is 13.8 Å². The van der Waals surface area contributed by atoms with Gasteiger partial charge in [-0.3, -0.25) is 4.90 Å². The number of likely N-dealkylation sites (tertiary alicyclic amines) is 1. The van der Waals surface area contributed by atoms with Crippen LogP contribution in [0.4, 0.5) is 0 Å². The number of rotatable bonds is 5. The first-order valence-corrected chi connectivity index (χ1v) is 6.61. The van der Waals surface area contributed by atoms with E-state index in [0.29, 0.717) is 6.04 Å². The molecule has 3 atom stereocenters. The zero-order chi connectivity index (χ0) is 11.3. The zero-order valence-electron chi connectivity index (χ0n) is 10.9. The maximum absolute atomic E-state index is 3.57. The van der Waals surface area contributed by atoms with E-state index in [2.05, 4.69) is 37.9 Å². The van der Waals surface area contributed by atoms with Crippen LogP contribution in [-0.4, -0.2) is 36.6 Å². The molecule has 0 aromatic heterocycles. The fourth-order valence-electron chi connectivity index (χ4n) is 2.44. The van der Waals surface area contributed by atoms with Crippen LogP contribution in [0.5, 0.6) is 0 Å². The van der Waals surface area contributed by atoms with E-state index in [1.807, 2.05) is 0 Å². The second-order valence-corrected chi connectivity index (χ2v) is 5.34. The van der Waals surface area contributed by atoms with E-state index in [0.717, 1.165) is 18.5 Å². The van der Waals surface area contributed by atoms with Crippen LogP contribution in [0.2, 0.25) is 0 Å². The van der Waals surface area contributed by atoms with E-state index in [1.165, 1.54) is 32.4 Å². The van der Waals surface area contributed by atoms with Crippen molar-refractivity contribution in [3.05, 3.63) is 0 Å². The monoisotopic (exact) mass is 212 g/mol. The fraction of sp³-hybridized carbons (Fsp3) is 1.00. The minimum atomic E-state index is 0.637. The number of hydrogen-bond acceptors (Lipinski definition) is 2. The van der Waals surface area contributed by atoms with Gasteiger partial charge in [-0.15, -0.1) is 0 Å². The van der Waals surface area contributed by atoms with Gasteiger partial charge in [0.25, 0.3) is 0 Å². The summed E-state index contributed by atoms with van der Waals surface area (Å²) in [5, 5.41) is 3.57. The van der Waals surface area contributed by atoms with E-state index in [1.54, 1.807) is 0 Å². The Balaban J connectivity index is 2.28. The summed E-state index contributed by atoms with van der Waals surface area (Å²) in [5.74, 6) is 0.888. The highest BCUT2D eigenvalue weighted by Crippen LogP contribution is 2.21. The van der Waals surface area contributed by atoms with E-state index in [4.69, 9.17) is 0 Å². The molecule has 1 fully saturated rings. The predicted octanol–water partition coefficient (Wildman–Crippen LogP) is 2.49. The molecule has 1 N–H and O–H groups in total. The van der Waals surface area contributed by atoms with Crippen molar-refractivity contribution in [2.45, 2.75) is 59.0 Å². The van der Waals surface area contributed by atoms with Crippen molar-refractivity contribution in [2.75, 3.05) is 19.6 Å². The molecular weight excluding hydrogens is 184 g/mol. The lowest BCUT2D eigenvalue weighted by Gasteiger charge is -2.38. The Labute approximate surface area is 95.4 Å². The molecule has 0 radical (unpaired) electrons. The van der Waals surface area contributed by atoms with Crippen molar-refractivity contribution in [1.29, 1.82) is 0 Å². The average molecular weight is 212 g/mol. The van der Waals surface area contributed by atoms with Crippen LogP contribution in [-0.2, 0) is 0 Å². The first-order chi connectivity index (χ1) is 7.13. The molecule has 15 heavy (non-hydrogen) atoms. The molecule has 0 aromatic carbocycles. The number of nitrogens with zero attached hydrogens (tertiary/aromatic N) is 1. The first-order valence-electron chi connectivity index (χ1n) is 6.61. The maximum atomic E-state index is 3.57. The summed E-state index contributed by atoms with van der Waals surface area (Å²) >= 11 is 0. The molecule has 0 bridgehead atoms. The standard InChI is InChI=1S/C13H28N2/c1-5-8-14-12(3)10-15-9-11(2)6-7-13(15)4/h11-14H,5-10H2,1-4H3. The van der Waals surface area contributed by atoms with Gasteiger partial charge in [0, 0.05) is 25.2 Å². The van der Waals surface area contributed by atoms with Crippen LogP contribution in [0.15, 0.2) is 0 Å². The maximum Gasteiger partial charge on any atom is 0.0166 e. The quantitative estimate of drug-likeness (QED) is 0.753. The lowest BCUT2D eigenvalue weighted by atomic mass is 9.95. The molecule has 3 unspecified atom stereocenters. The summed E-state index contributed by atoms with van der Waals surface area (Å²) in [6.45, 7) is 12.9. The third kappa shape index (κ3) is 4.52. The minimum Gasteiger partial charge on any atom is -0.313 e. The zero-order valence-corrected chi connectivity index (χ0v) is 10.9. The van der Waals surface area contributed by atoms with Gasteiger partial charge in [0.1, 0.15) is 0 Å². The Morgan fingerprint density at radius 1 is 1.33 bits per heavy atom. The highest BCUT2D eigenvalue weighted by atomic mass is 15.2. The molecule has 0 aliphatic carbocycles. The molecule has 0 spiro atoms. The molecule has 1 rings (SSSR count). The smallest absolute Gasteiger partial charge is 0.0166 e. The van der Waals surface area contributed by atoms with Crippen LogP contribution < -0.4 is 5.32 Å². The van der Waals surface area contributed by atoms with E-state index >= 15 is 0 Å². The predicted molar refractivity (Wildman–Crippen MR) is 67.2 cm³/mol. The molecule has 0 amide bonds. The summed E-state index contributed by atoms with van der Waals surface area (Å²) < 4.78 is 0. The van der Waals surface area contributed by atoms with Gasteiger partial charge in [-0.05, 0) is 45.6 Å². The normalized spacial score (nSPS) is 30.4. The van der Waals surface area contributed by atoms with Crippen molar-refractivity contribution >= 4 is 0 Å². The number of piperidine rings is 1. The molecular formula is C13H28N2. The van der Waals surface area contributed by atoms with Crippen LogP contribution in [0.3, 0.4) is 0 Å². The van der Waals surface area contributed by atoms with Crippen LogP contribution in [0, 0.1) is 5.92 Å². The molecule has 0 aromatic rings. The second kappa shape index (κ2) is 6.49. The largest absolute Gasteiger partial charge is 0.313 e. The molecule has 1 saturated heterocycles. The highest BCUT2D eigenvalue weighted by molar-refractivity contribution is 4.79. The summed E-state index contributed by atoms with van der Waals surface area (Å²) in [6, 6.07) is 1.42. The molecule has 0 saturated carbocycles. The van der Waals surface area contributed by atoms with Gasteiger partial charge in [-0.2, -0.15) is 0 Å². The van der Waals surface area contributed by atoms with Crippen LogP contribution in [0.1, 0.15) is 47.0 Å². The van der Waals surface area contributed by atoms with Crippen molar-refractivity contribution in [3.63, 3.8) is 0 Å². The third-order valence-electron chi connectivity index (χ3n) is 3.50. The number of hydrogen-bond donors (Lipinski definition) is 1. The lowest BCUT2D eigenvalue weighted by molar-refractivity contribution is 0.114. The van der Waals surface area contributed by atoms with E-state index in [-0.39, 0.29) is 0 Å². The van der Waals surface area contributed by atoms with Crippen molar-refractivity contribution < 1.29 is 0 Å². The van der Waals surface area contributed by atoms with Gasteiger partial charge < -0.3 is 5.32 Å². The fourth-order valence-corrected chi connectivity index (χ4v) is 2.44.